The van der Waals surface area contributed by atoms with E-state index >= 15 is 0 Å². The first-order valence-electron chi connectivity index (χ1n) is 12.1. The average Bonchev–Trinajstić information content (AvgIpc) is 2.97. The molecule has 1 amide bonds. The molecule has 178 valence electrons. The molecule has 3 fully saturated rings. The molecule has 0 saturated carbocycles. The number of piperidine rings is 1. The number of nitrogens with one attached hydrogen (secondary N) is 2. The van der Waals surface area contributed by atoms with Crippen LogP contribution >= 0.6 is 0 Å². The highest BCUT2D eigenvalue weighted by Gasteiger charge is 2.45. The summed E-state index contributed by atoms with van der Waals surface area (Å²) in [5, 5.41) is 7.06. The fourth-order valence-electron chi connectivity index (χ4n) is 4.95. The number of morpholine rings is 1. The van der Waals surface area contributed by atoms with Gasteiger partial charge in [0.1, 0.15) is 5.60 Å². The number of hydrogen-bond donors (Lipinski definition) is 2. The Morgan fingerprint density at radius 2 is 1.84 bits per heavy atom. The van der Waals surface area contributed by atoms with Crippen molar-refractivity contribution in [1.82, 2.24) is 20.4 Å². The Morgan fingerprint density at radius 1 is 1.19 bits per heavy atom. The second-order valence-electron chi connectivity index (χ2n) is 10.3. The molecule has 3 aliphatic rings. The lowest BCUT2D eigenvalue weighted by atomic mass is 9.98. The summed E-state index contributed by atoms with van der Waals surface area (Å²) in [4.78, 5) is 22.0. The van der Waals surface area contributed by atoms with Crippen molar-refractivity contribution in [3.05, 3.63) is 0 Å². The van der Waals surface area contributed by atoms with Gasteiger partial charge in [0.15, 0.2) is 5.96 Å². The zero-order chi connectivity index (χ0) is 22.4. The van der Waals surface area contributed by atoms with E-state index in [-0.39, 0.29) is 18.2 Å². The van der Waals surface area contributed by atoms with E-state index in [1.165, 1.54) is 0 Å². The van der Waals surface area contributed by atoms with Crippen LogP contribution in [0.15, 0.2) is 4.99 Å². The molecule has 0 radical (unpaired) electrons. The van der Waals surface area contributed by atoms with Gasteiger partial charge in [-0.2, -0.15) is 0 Å². The third-order valence-electron chi connectivity index (χ3n) is 6.26. The van der Waals surface area contributed by atoms with Crippen LogP contribution in [0.2, 0.25) is 0 Å². The smallest absolute Gasteiger partial charge is 0.410 e. The van der Waals surface area contributed by atoms with E-state index in [1.54, 1.807) is 0 Å². The lowest BCUT2D eigenvalue weighted by Gasteiger charge is -2.40. The Labute approximate surface area is 188 Å². The Kier molecular flexibility index (Phi) is 8.44. The monoisotopic (exact) mass is 437 g/mol. The van der Waals surface area contributed by atoms with E-state index in [4.69, 9.17) is 14.5 Å². The first-order valence-corrected chi connectivity index (χ1v) is 12.1. The second kappa shape index (κ2) is 10.9. The number of rotatable bonds is 6. The number of aliphatic imine (C=N–C) groups is 1. The average molecular weight is 438 g/mol. The molecule has 2 N–H and O–H groups in total. The summed E-state index contributed by atoms with van der Waals surface area (Å²) in [6, 6.07) is 0.854. The number of ether oxygens (including phenoxy) is 2. The number of fused-ring (bicyclic) bond motifs is 2. The van der Waals surface area contributed by atoms with Gasteiger partial charge in [-0.15, -0.1) is 0 Å². The van der Waals surface area contributed by atoms with Crippen LogP contribution < -0.4 is 10.6 Å². The topological polar surface area (TPSA) is 78.4 Å². The lowest BCUT2D eigenvalue weighted by molar-refractivity contribution is 0.00544. The third-order valence-corrected chi connectivity index (χ3v) is 6.26. The van der Waals surface area contributed by atoms with Crippen LogP contribution in [0.25, 0.3) is 0 Å². The summed E-state index contributed by atoms with van der Waals surface area (Å²) in [6.45, 7) is 16.6. The second-order valence-corrected chi connectivity index (χ2v) is 10.3. The van der Waals surface area contributed by atoms with Crippen molar-refractivity contribution in [1.29, 1.82) is 0 Å². The highest BCUT2D eigenvalue weighted by molar-refractivity contribution is 5.80. The van der Waals surface area contributed by atoms with Gasteiger partial charge in [-0.05, 0) is 59.3 Å². The van der Waals surface area contributed by atoms with Crippen LogP contribution in [-0.2, 0) is 9.47 Å². The van der Waals surface area contributed by atoms with Gasteiger partial charge in [0, 0.05) is 50.8 Å². The molecule has 0 aromatic heterocycles. The van der Waals surface area contributed by atoms with Gasteiger partial charge in [-0.3, -0.25) is 9.89 Å². The molecule has 0 aliphatic carbocycles. The summed E-state index contributed by atoms with van der Waals surface area (Å²) in [7, 11) is 0. The normalized spacial score (nSPS) is 28.4. The van der Waals surface area contributed by atoms with Crippen LogP contribution in [0.5, 0.6) is 0 Å². The molecule has 3 unspecified atom stereocenters. The van der Waals surface area contributed by atoms with Gasteiger partial charge < -0.3 is 25.0 Å². The summed E-state index contributed by atoms with van der Waals surface area (Å²) < 4.78 is 11.1. The van der Waals surface area contributed by atoms with Gasteiger partial charge >= 0.3 is 6.09 Å². The summed E-state index contributed by atoms with van der Waals surface area (Å²) in [5.74, 6) is 1.39. The molecule has 3 saturated heterocycles. The predicted molar refractivity (Wildman–Crippen MR) is 123 cm³/mol. The van der Waals surface area contributed by atoms with E-state index in [0.29, 0.717) is 12.0 Å². The fourth-order valence-corrected chi connectivity index (χ4v) is 4.95. The minimum atomic E-state index is -0.450. The number of amides is 1. The zero-order valence-corrected chi connectivity index (χ0v) is 20.2. The Hall–Kier alpha value is -1.54. The van der Waals surface area contributed by atoms with Crippen molar-refractivity contribution in [3.8, 4) is 0 Å². The highest BCUT2D eigenvalue weighted by atomic mass is 16.6. The van der Waals surface area contributed by atoms with Crippen molar-refractivity contribution >= 4 is 12.1 Å². The van der Waals surface area contributed by atoms with Crippen LogP contribution in [0.3, 0.4) is 0 Å². The Bertz CT molecular complexity index is 601. The van der Waals surface area contributed by atoms with E-state index in [2.05, 4.69) is 29.4 Å². The molecule has 3 aliphatic heterocycles. The van der Waals surface area contributed by atoms with E-state index < -0.39 is 5.60 Å². The van der Waals surface area contributed by atoms with Crippen molar-refractivity contribution in [2.45, 2.75) is 84.0 Å². The highest BCUT2D eigenvalue weighted by Crippen LogP contribution is 2.36. The molecule has 3 rings (SSSR count). The number of nitrogens with zero attached hydrogens (tertiary/aromatic N) is 3. The van der Waals surface area contributed by atoms with Gasteiger partial charge in [-0.1, -0.05) is 6.92 Å². The SMILES string of the molecule is CCNC(=NCC(C)CN1CCOCC1)NC1CC2CCC(C1)N2C(=O)OC(C)(C)C. The molecule has 31 heavy (non-hydrogen) atoms. The molecule has 8 nitrogen and oxygen atoms in total. The standard InChI is InChI=1S/C23H43N5O3/c1-6-24-21(25-15-17(2)16-27-9-11-30-12-10-27)26-18-13-19-7-8-20(14-18)28(19)22(29)31-23(3,4)5/h17-20H,6-16H2,1-5H3,(H2,24,25,26). The minimum Gasteiger partial charge on any atom is -0.444 e. The quantitative estimate of drug-likeness (QED) is 0.491. The van der Waals surface area contributed by atoms with E-state index in [1.807, 2.05) is 25.7 Å². The maximum Gasteiger partial charge on any atom is 0.410 e. The maximum absolute atomic E-state index is 12.7. The molecular formula is C23H43N5O3. The van der Waals surface area contributed by atoms with Gasteiger partial charge in [0.25, 0.3) is 0 Å². The predicted octanol–water partition coefficient (Wildman–Crippen LogP) is 2.44. The fraction of sp³-hybridized carbons (Fsp3) is 0.913. The van der Waals surface area contributed by atoms with E-state index in [0.717, 1.165) is 77.6 Å². The van der Waals surface area contributed by atoms with Crippen molar-refractivity contribution in [2.75, 3.05) is 45.9 Å². The van der Waals surface area contributed by atoms with Crippen molar-refractivity contribution < 1.29 is 14.3 Å². The molecule has 0 aromatic rings. The van der Waals surface area contributed by atoms with E-state index in [9.17, 15) is 4.79 Å². The summed E-state index contributed by atoms with van der Waals surface area (Å²) in [6.07, 6.45) is 3.86. The summed E-state index contributed by atoms with van der Waals surface area (Å²) in [5.41, 5.74) is -0.450. The Morgan fingerprint density at radius 3 is 2.42 bits per heavy atom. The van der Waals surface area contributed by atoms with Crippen LogP contribution in [0.1, 0.15) is 60.3 Å². The van der Waals surface area contributed by atoms with Crippen LogP contribution in [0.4, 0.5) is 4.79 Å². The summed E-state index contributed by atoms with van der Waals surface area (Å²) >= 11 is 0. The molecule has 8 heteroatoms. The number of guanidine groups is 1. The first-order chi connectivity index (χ1) is 14.7. The number of carbonyl (C=O) groups excluding carboxylic acids is 1. The Balaban J connectivity index is 1.51. The minimum absolute atomic E-state index is 0.157. The molecule has 3 atom stereocenters. The van der Waals surface area contributed by atoms with Gasteiger partial charge in [0.05, 0.1) is 13.2 Å². The van der Waals surface area contributed by atoms with Crippen molar-refractivity contribution in [2.24, 2.45) is 10.9 Å². The molecule has 0 aromatic carbocycles. The first kappa shape index (κ1) is 24.1. The van der Waals surface area contributed by atoms with Crippen molar-refractivity contribution in [3.63, 3.8) is 0 Å². The van der Waals surface area contributed by atoms with Gasteiger partial charge in [-0.25, -0.2) is 4.79 Å². The molecule has 2 bridgehead atoms. The molecular weight excluding hydrogens is 394 g/mol. The maximum atomic E-state index is 12.7. The van der Waals surface area contributed by atoms with Crippen LogP contribution in [0, 0.1) is 5.92 Å². The number of carbonyl (C=O) groups is 1. The largest absolute Gasteiger partial charge is 0.444 e. The molecule has 3 heterocycles. The zero-order valence-electron chi connectivity index (χ0n) is 20.2. The lowest BCUT2D eigenvalue weighted by Crippen LogP contribution is -2.55. The number of hydrogen-bond acceptors (Lipinski definition) is 5. The van der Waals surface area contributed by atoms with Crippen LogP contribution in [-0.4, -0.2) is 91.5 Å². The molecule has 0 spiro atoms. The van der Waals surface area contributed by atoms with Gasteiger partial charge in [0.2, 0.25) is 0 Å². The third kappa shape index (κ3) is 7.24.